The van der Waals surface area contributed by atoms with E-state index < -0.39 is 5.82 Å². The fraction of sp³-hybridized carbons (Fsp3) is 0.417. The number of amides is 1. The second kappa shape index (κ2) is 10.1. The number of anilines is 2. The second-order valence-corrected chi connectivity index (χ2v) is 9.22. The zero-order valence-corrected chi connectivity index (χ0v) is 20.6. The number of carbonyl (C=O) groups excluding carboxylic acids is 1. The predicted octanol–water partition coefficient (Wildman–Crippen LogP) is 4.54. The van der Waals surface area contributed by atoms with Crippen LogP contribution in [0.4, 0.5) is 16.0 Å². The van der Waals surface area contributed by atoms with Gasteiger partial charge in [-0.05, 0) is 59.0 Å². The monoisotopic (exact) mass is 485 g/mol. The van der Waals surface area contributed by atoms with Crippen molar-refractivity contribution in [3.05, 3.63) is 52.8 Å². The number of aromatic nitrogens is 4. The zero-order chi connectivity index (χ0) is 24.4. The quantitative estimate of drug-likeness (QED) is 0.571. The van der Waals surface area contributed by atoms with Crippen molar-refractivity contribution in [3.63, 3.8) is 0 Å². The molecule has 10 heteroatoms. The highest BCUT2D eigenvalue weighted by Gasteiger charge is 2.22. The Hall–Kier alpha value is -3.04. The summed E-state index contributed by atoms with van der Waals surface area (Å²) < 4.78 is 16.5. The number of halogens is 2. The molecule has 1 amide bonds. The summed E-state index contributed by atoms with van der Waals surface area (Å²) in [4.78, 5) is 29.8. The largest absolute Gasteiger partial charge is 0.337 e. The van der Waals surface area contributed by atoms with Crippen LogP contribution in [0.2, 0.25) is 5.02 Å². The Labute approximate surface area is 203 Å². The average molecular weight is 486 g/mol. The number of hydrogen-bond acceptors (Lipinski definition) is 6. The molecule has 0 spiro atoms. The maximum atomic E-state index is 14.6. The lowest BCUT2D eigenvalue weighted by molar-refractivity contribution is 0.0763. The smallest absolute Gasteiger partial charge is 0.255 e. The Morgan fingerprint density at radius 1 is 1.15 bits per heavy atom. The van der Waals surface area contributed by atoms with Crippen molar-refractivity contribution in [1.29, 1.82) is 0 Å². The van der Waals surface area contributed by atoms with Crippen LogP contribution in [-0.4, -0.2) is 68.5 Å². The fourth-order valence-electron chi connectivity index (χ4n) is 4.20. The number of aryl methyl sites for hydroxylation is 1. The molecule has 1 saturated heterocycles. The van der Waals surface area contributed by atoms with Gasteiger partial charge in [0.15, 0.2) is 5.82 Å². The number of carbonyl (C=O) groups is 1. The number of nitrogens with one attached hydrogen (secondary N) is 1. The lowest BCUT2D eigenvalue weighted by atomic mass is 10.1. The molecule has 1 aliphatic heterocycles. The van der Waals surface area contributed by atoms with E-state index in [1.165, 1.54) is 0 Å². The van der Waals surface area contributed by atoms with Crippen LogP contribution >= 0.6 is 11.6 Å². The molecule has 1 N–H and O–H groups in total. The summed E-state index contributed by atoms with van der Waals surface area (Å²) in [5.41, 5.74) is 1.80. The van der Waals surface area contributed by atoms with E-state index in [1.807, 2.05) is 30.2 Å². The number of likely N-dealkylation sites (N-methyl/N-ethyl adjacent to an activating group) is 1. The topological polar surface area (TPSA) is 79.2 Å². The van der Waals surface area contributed by atoms with Gasteiger partial charge in [0, 0.05) is 31.4 Å². The molecule has 0 radical (unpaired) electrons. The molecule has 2 aromatic heterocycles. The minimum absolute atomic E-state index is 0.0792. The molecule has 0 atom stereocenters. The molecule has 4 rings (SSSR count). The highest BCUT2D eigenvalue weighted by molar-refractivity contribution is 6.34. The van der Waals surface area contributed by atoms with Crippen LogP contribution in [-0.2, 0) is 0 Å². The third kappa shape index (κ3) is 5.05. The molecule has 0 aliphatic carbocycles. The van der Waals surface area contributed by atoms with E-state index in [2.05, 4.69) is 32.2 Å². The highest BCUT2D eigenvalue weighted by atomic mass is 35.5. The Kier molecular flexibility index (Phi) is 7.13. The van der Waals surface area contributed by atoms with Gasteiger partial charge in [0.05, 0.1) is 28.7 Å². The Bertz CT molecular complexity index is 1200. The number of nitrogens with zero attached hydrogens (tertiary/aromatic N) is 6. The lowest BCUT2D eigenvalue weighted by Gasteiger charge is -2.21. The summed E-state index contributed by atoms with van der Waals surface area (Å²) in [7, 11) is 2.06. The molecule has 34 heavy (non-hydrogen) atoms. The van der Waals surface area contributed by atoms with E-state index in [-0.39, 0.29) is 23.6 Å². The number of rotatable bonds is 5. The maximum absolute atomic E-state index is 14.6. The summed E-state index contributed by atoms with van der Waals surface area (Å²) in [6.45, 7) is 9.06. The minimum Gasteiger partial charge on any atom is -0.337 e. The van der Waals surface area contributed by atoms with Crippen LogP contribution in [0.25, 0.3) is 11.4 Å². The number of imidazole rings is 1. The average Bonchev–Trinajstić information content (AvgIpc) is 3.04. The van der Waals surface area contributed by atoms with Crippen LogP contribution in [0.3, 0.4) is 0 Å². The molecule has 0 saturated carbocycles. The van der Waals surface area contributed by atoms with Gasteiger partial charge < -0.3 is 19.7 Å². The van der Waals surface area contributed by atoms with Crippen LogP contribution in [0.15, 0.2) is 30.6 Å². The first kappa shape index (κ1) is 24.1. The SMILES string of the molecule is Cc1ncc(-c2nc(Nc3ccc(C(=O)N4CCCN(C)CC4)c(Cl)c3)ncc2F)n1C(C)C. The van der Waals surface area contributed by atoms with Crippen molar-refractivity contribution >= 4 is 29.1 Å². The summed E-state index contributed by atoms with van der Waals surface area (Å²) in [6.07, 6.45) is 3.68. The zero-order valence-electron chi connectivity index (χ0n) is 19.8. The van der Waals surface area contributed by atoms with Gasteiger partial charge in [-0.25, -0.2) is 19.3 Å². The van der Waals surface area contributed by atoms with Crippen LogP contribution in [0, 0.1) is 12.7 Å². The molecule has 1 aromatic carbocycles. The molecule has 3 heterocycles. The summed E-state index contributed by atoms with van der Waals surface area (Å²) in [5, 5.41) is 3.40. The Morgan fingerprint density at radius 2 is 1.94 bits per heavy atom. The van der Waals surface area contributed by atoms with Crippen molar-refractivity contribution in [2.75, 3.05) is 38.5 Å². The minimum atomic E-state index is -0.533. The van der Waals surface area contributed by atoms with Crippen molar-refractivity contribution in [1.82, 2.24) is 29.3 Å². The third-order valence-electron chi connectivity index (χ3n) is 5.95. The van der Waals surface area contributed by atoms with Gasteiger partial charge in [-0.2, -0.15) is 0 Å². The van der Waals surface area contributed by atoms with E-state index in [0.717, 1.165) is 31.5 Å². The third-order valence-corrected chi connectivity index (χ3v) is 6.26. The first-order valence-corrected chi connectivity index (χ1v) is 11.7. The van der Waals surface area contributed by atoms with Gasteiger partial charge >= 0.3 is 0 Å². The predicted molar refractivity (Wildman–Crippen MR) is 131 cm³/mol. The van der Waals surface area contributed by atoms with Gasteiger partial charge in [0.1, 0.15) is 11.5 Å². The normalized spacial score (nSPS) is 15.0. The molecular formula is C24H29ClFN7O. The maximum Gasteiger partial charge on any atom is 0.255 e. The van der Waals surface area contributed by atoms with Gasteiger partial charge in [-0.3, -0.25) is 4.79 Å². The van der Waals surface area contributed by atoms with Crippen molar-refractivity contribution < 1.29 is 9.18 Å². The van der Waals surface area contributed by atoms with E-state index in [1.54, 1.807) is 24.4 Å². The van der Waals surface area contributed by atoms with Crippen LogP contribution in [0.1, 0.15) is 42.5 Å². The highest BCUT2D eigenvalue weighted by Crippen LogP contribution is 2.28. The molecule has 3 aromatic rings. The molecule has 0 unspecified atom stereocenters. The van der Waals surface area contributed by atoms with E-state index >= 15 is 0 Å². The second-order valence-electron chi connectivity index (χ2n) is 8.81. The van der Waals surface area contributed by atoms with E-state index in [0.29, 0.717) is 35.1 Å². The Balaban J connectivity index is 1.55. The Morgan fingerprint density at radius 3 is 2.68 bits per heavy atom. The van der Waals surface area contributed by atoms with E-state index in [4.69, 9.17) is 11.6 Å². The standard InChI is InChI=1S/C24H29ClFN7O/c1-15(2)33-16(3)27-14-21(33)22-20(26)13-28-24(30-22)29-17-6-7-18(19(25)12-17)23(34)32-9-5-8-31(4)10-11-32/h6-7,12-15H,5,8-11H2,1-4H3,(H,28,29,30). The molecule has 0 bridgehead atoms. The molecule has 1 aliphatic rings. The lowest BCUT2D eigenvalue weighted by Crippen LogP contribution is -2.34. The van der Waals surface area contributed by atoms with Gasteiger partial charge in [0.2, 0.25) is 5.95 Å². The van der Waals surface area contributed by atoms with Crippen molar-refractivity contribution in [2.24, 2.45) is 0 Å². The summed E-state index contributed by atoms with van der Waals surface area (Å²) >= 11 is 6.48. The summed E-state index contributed by atoms with van der Waals surface area (Å²) in [6, 6.07) is 5.20. The molecule has 180 valence electrons. The molecule has 8 nitrogen and oxygen atoms in total. The van der Waals surface area contributed by atoms with Gasteiger partial charge in [-0.15, -0.1) is 0 Å². The number of hydrogen-bond donors (Lipinski definition) is 1. The van der Waals surface area contributed by atoms with Gasteiger partial charge in [0.25, 0.3) is 5.91 Å². The van der Waals surface area contributed by atoms with Gasteiger partial charge in [-0.1, -0.05) is 11.6 Å². The molecular weight excluding hydrogens is 457 g/mol. The van der Waals surface area contributed by atoms with Crippen LogP contribution < -0.4 is 5.32 Å². The first-order valence-electron chi connectivity index (χ1n) is 11.4. The first-order chi connectivity index (χ1) is 16.2. The number of benzene rings is 1. The van der Waals surface area contributed by atoms with Crippen molar-refractivity contribution in [2.45, 2.75) is 33.2 Å². The van der Waals surface area contributed by atoms with E-state index in [9.17, 15) is 9.18 Å². The van der Waals surface area contributed by atoms with Crippen LogP contribution in [0.5, 0.6) is 0 Å². The fourth-order valence-corrected chi connectivity index (χ4v) is 4.46. The van der Waals surface area contributed by atoms with Crippen molar-refractivity contribution in [3.8, 4) is 11.4 Å². The molecule has 1 fully saturated rings. The summed E-state index contributed by atoms with van der Waals surface area (Å²) in [5.74, 6) is 0.385.